The van der Waals surface area contributed by atoms with Crippen molar-refractivity contribution < 1.29 is 9.52 Å². The van der Waals surface area contributed by atoms with Crippen LogP contribution in [0.2, 0.25) is 0 Å². The number of guanidine groups is 1. The van der Waals surface area contributed by atoms with Crippen molar-refractivity contribution in [2.75, 3.05) is 19.7 Å². The summed E-state index contributed by atoms with van der Waals surface area (Å²) in [6.45, 7) is 3.85. The lowest BCUT2D eigenvalue weighted by molar-refractivity contribution is 0.300. The topological polar surface area (TPSA) is 69.8 Å². The molecule has 1 aromatic heterocycles. The highest BCUT2D eigenvalue weighted by Gasteiger charge is 1.97. The van der Waals surface area contributed by atoms with Crippen molar-refractivity contribution in [2.24, 2.45) is 4.99 Å². The number of furan rings is 1. The zero-order valence-electron chi connectivity index (χ0n) is 8.86. The highest BCUT2D eigenvalue weighted by molar-refractivity contribution is 5.79. The molecule has 0 unspecified atom stereocenters. The zero-order chi connectivity index (χ0) is 10.9. The molecule has 5 heteroatoms. The van der Waals surface area contributed by atoms with Crippen LogP contribution in [0, 0.1) is 0 Å². The van der Waals surface area contributed by atoms with Gasteiger partial charge in [0.1, 0.15) is 12.3 Å². The lowest BCUT2D eigenvalue weighted by Crippen LogP contribution is -2.38. The molecule has 0 spiro atoms. The minimum Gasteiger partial charge on any atom is -0.467 e. The zero-order valence-corrected chi connectivity index (χ0v) is 8.86. The molecule has 0 radical (unpaired) electrons. The molecule has 1 rings (SSSR count). The smallest absolute Gasteiger partial charge is 0.191 e. The molecule has 0 aliphatic carbocycles. The molecular weight excluding hydrogens is 194 g/mol. The van der Waals surface area contributed by atoms with Gasteiger partial charge in [-0.05, 0) is 19.1 Å². The quantitative estimate of drug-likeness (QED) is 0.485. The number of hydrogen-bond donors (Lipinski definition) is 3. The van der Waals surface area contributed by atoms with Gasteiger partial charge in [0.25, 0.3) is 0 Å². The first-order valence-electron chi connectivity index (χ1n) is 5.02. The van der Waals surface area contributed by atoms with Crippen LogP contribution in [0.1, 0.15) is 12.7 Å². The molecule has 1 heterocycles. The molecule has 0 amide bonds. The van der Waals surface area contributed by atoms with Crippen LogP contribution in [0.15, 0.2) is 27.8 Å². The van der Waals surface area contributed by atoms with Gasteiger partial charge in [0.15, 0.2) is 5.96 Å². The van der Waals surface area contributed by atoms with Gasteiger partial charge in [0, 0.05) is 13.1 Å². The van der Waals surface area contributed by atoms with Crippen LogP contribution < -0.4 is 10.6 Å². The van der Waals surface area contributed by atoms with Gasteiger partial charge in [0.05, 0.1) is 12.9 Å². The summed E-state index contributed by atoms with van der Waals surface area (Å²) in [5.41, 5.74) is 0. The van der Waals surface area contributed by atoms with E-state index in [4.69, 9.17) is 9.52 Å². The maximum Gasteiger partial charge on any atom is 0.191 e. The minimum absolute atomic E-state index is 0.0885. The number of aliphatic hydroxyl groups is 1. The Balaban J connectivity index is 2.43. The van der Waals surface area contributed by atoms with Crippen LogP contribution in [0.25, 0.3) is 0 Å². The van der Waals surface area contributed by atoms with Gasteiger partial charge in [0.2, 0.25) is 0 Å². The SMILES string of the molecule is CCNC(=NCc1ccco1)NCCO. The van der Waals surface area contributed by atoms with Crippen LogP contribution in [0.5, 0.6) is 0 Å². The predicted molar refractivity (Wildman–Crippen MR) is 58.6 cm³/mol. The van der Waals surface area contributed by atoms with Crippen LogP contribution >= 0.6 is 0 Å². The maximum absolute atomic E-state index is 8.67. The average Bonchev–Trinajstić information content (AvgIpc) is 2.75. The highest BCUT2D eigenvalue weighted by Crippen LogP contribution is 2.00. The Hall–Kier alpha value is -1.49. The average molecular weight is 211 g/mol. The molecule has 0 saturated heterocycles. The molecule has 84 valence electrons. The van der Waals surface area contributed by atoms with E-state index < -0.39 is 0 Å². The summed E-state index contributed by atoms with van der Waals surface area (Å²) < 4.78 is 5.15. The monoisotopic (exact) mass is 211 g/mol. The lowest BCUT2D eigenvalue weighted by Gasteiger charge is -2.09. The van der Waals surface area contributed by atoms with Crippen molar-refractivity contribution >= 4 is 5.96 Å². The van der Waals surface area contributed by atoms with Crippen LogP contribution in [0.3, 0.4) is 0 Å². The number of aliphatic hydroxyl groups excluding tert-OH is 1. The van der Waals surface area contributed by atoms with Crippen LogP contribution in [-0.4, -0.2) is 30.8 Å². The van der Waals surface area contributed by atoms with Crippen molar-refractivity contribution in [3.05, 3.63) is 24.2 Å². The third-order valence-corrected chi connectivity index (χ3v) is 1.72. The van der Waals surface area contributed by atoms with Crippen LogP contribution in [-0.2, 0) is 6.54 Å². The van der Waals surface area contributed by atoms with E-state index in [-0.39, 0.29) is 6.61 Å². The third-order valence-electron chi connectivity index (χ3n) is 1.72. The van der Waals surface area contributed by atoms with Gasteiger partial charge in [-0.3, -0.25) is 0 Å². The number of nitrogens with zero attached hydrogens (tertiary/aromatic N) is 1. The summed E-state index contributed by atoms with van der Waals surface area (Å²) in [4.78, 5) is 4.28. The fourth-order valence-electron chi connectivity index (χ4n) is 1.08. The Morgan fingerprint density at radius 3 is 3.00 bits per heavy atom. The number of rotatable bonds is 5. The van der Waals surface area contributed by atoms with Crippen molar-refractivity contribution in [1.82, 2.24) is 10.6 Å². The van der Waals surface area contributed by atoms with Gasteiger partial charge in [-0.2, -0.15) is 0 Å². The first kappa shape index (κ1) is 11.6. The number of aliphatic imine (C=N–C) groups is 1. The van der Waals surface area contributed by atoms with E-state index in [0.29, 0.717) is 19.0 Å². The van der Waals surface area contributed by atoms with Crippen molar-refractivity contribution in [3.63, 3.8) is 0 Å². The number of nitrogens with one attached hydrogen (secondary N) is 2. The lowest BCUT2D eigenvalue weighted by atomic mass is 10.4. The normalized spacial score (nSPS) is 11.5. The fourth-order valence-corrected chi connectivity index (χ4v) is 1.08. The summed E-state index contributed by atoms with van der Waals surface area (Å²) in [5.74, 6) is 1.50. The second-order valence-corrected chi connectivity index (χ2v) is 2.92. The van der Waals surface area contributed by atoms with Crippen molar-refractivity contribution in [3.8, 4) is 0 Å². The highest BCUT2D eigenvalue weighted by atomic mass is 16.3. The fraction of sp³-hybridized carbons (Fsp3) is 0.500. The Morgan fingerprint density at radius 2 is 2.40 bits per heavy atom. The summed E-state index contributed by atoms with van der Waals surface area (Å²) in [6.07, 6.45) is 1.62. The Bertz CT molecular complexity index is 283. The van der Waals surface area contributed by atoms with E-state index in [1.165, 1.54) is 0 Å². The first-order valence-corrected chi connectivity index (χ1v) is 5.02. The molecule has 0 aromatic carbocycles. The molecule has 5 nitrogen and oxygen atoms in total. The molecule has 0 saturated carbocycles. The van der Waals surface area contributed by atoms with E-state index in [1.807, 2.05) is 19.1 Å². The van der Waals surface area contributed by atoms with Crippen molar-refractivity contribution in [2.45, 2.75) is 13.5 Å². The molecule has 0 bridgehead atoms. The minimum atomic E-state index is 0.0885. The largest absolute Gasteiger partial charge is 0.467 e. The molecule has 0 aliphatic rings. The van der Waals surface area contributed by atoms with E-state index in [1.54, 1.807) is 6.26 Å². The van der Waals surface area contributed by atoms with Crippen LogP contribution in [0.4, 0.5) is 0 Å². The van der Waals surface area contributed by atoms with Gasteiger partial charge in [-0.1, -0.05) is 0 Å². The van der Waals surface area contributed by atoms with E-state index in [2.05, 4.69) is 15.6 Å². The Kier molecular flexibility index (Phi) is 5.32. The molecule has 0 fully saturated rings. The van der Waals surface area contributed by atoms with Gasteiger partial charge in [-0.15, -0.1) is 0 Å². The Labute approximate surface area is 89.2 Å². The van der Waals surface area contributed by atoms with E-state index >= 15 is 0 Å². The number of hydrogen-bond acceptors (Lipinski definition) is 3. The molecule has 0 atom stereocenters. The standard InChI is InChI=1S/C10H17N3O2/c1-2-11-10(12-5-6-14)13-8-9-4-3-7-15-9/h3-4,7,14H,2,5-6,8H2,1H3,(H2,11,12,13). The first-order chi connectivity index (χ1) is 7.36. The van der Waals surface area contributed by atoms with Gasteiger partial charge < -0.3 is 20.2 Å². The Morgan fingerprint density at radius 1 is 1.53 bits per heavy atom. The molecule has 15 heavy (non-hydrogen) atoms. The maximum atomic E-state index is 8.67. The summed E-state index contributed by atoms with van der Waals surface area (Å²) in [5, 5.41) is 14.7. The molecule has 3 N–H and O–H groups in total. The second kappa shape index (κ2) is 6.89. The molecular formula is C10H17N3O2. The predicted octanol–water partition coefficient (Wildman–Crippen LogP) is 0.327. The summed E-state index contributed by atoms with van der Waals surface area (Å²) >= 11 is 0. The van der Waals surface area contributed by atoms with E-state index in [0.717, 1.165) is 12.3 Å². The summed E-state index contributed by atoms with van der Waals surface area (Å²) in [6, 6.07) is 3.71. The van der Waals surface area contributed by atoms with Gasteiger partial charge >= 0.3 is 0 Å². The molecule has 1 aromatic rings. The molecule has 0 aliphatic heterocycles. The van der Waals surface area contributed by atoms with Gasteiger partial charge in [-0.25, -0.2) is 4.99 Å². The van der Waals surface area contributed by atoms with Crippen molar-refractivity contribution in [1.29, 1.82) is 0 Å². The van der Waals surface area contributed by atoms with E-state index in [9.17, 15) is 0 Å². The third kappa shape index (κ3) is 4.51. The second-order valence-electron chi connectivity index (χ2n) is 2.92. The summed E-state index contributed by atoms with van der Waals surface area (Å²) in [7, 11) is 0.